The Hall–Kier alpha value is -2.29. The van der Waals surface area contributed by atoms with Gasteiger partial charge >= 0.3 is 6.03 Å². The van der Waals surface area contributed by atoms with Crippen molar-refractivity contribution in [2.24, 2.45) is 0 Å². The fourth-order valence-corrected chi connectivity index (χ4v) is 1.88. The second-order valence-electron chi connectivity index (χ2n) is 4.48. The lowest BCUT2D eigenvalue weighted by atomic mass is 10.1. The molecule has 0 aliphatic carbocycles. The van der Waals surface area contributed by atoms with Crippen molar-refractivity contribution in [2.75, 3.05) is 11.9 Å². The molecule has 98 valence electrons. The predicted octanol–water partition coefficient (Wildman–Crippen LogP) is 3.59. The van der Waals surface area contributed by atoms with E-state index in [1.807, 2.05) is 67.6 Å². The molecule has 1 N–H and O–H groups in total. The minimum Gasteiger partial charge on any atom is -0.331 e. The number of amides is 2. The highest BCUT2D eigenvalue weighted by molar-refractivity contribution is 5.91. The first-order chi connectivity index (χ1) is 9.18. The summed E-state index contributed by atoms with van der Waals surface area (Å²) < 4.78 is 0. The van der Waals surface area contributed by atoms with Crippen molar-refractivity contribution >= 4 is 11.7 Å². The largest absolute Gasteiger partial charge is 0.331 e. The molecular weight excluding hydrogens is 236 g/mol. The molecule has 3 heteroatoms. The van der Waals surface area contributed by atoms with Gasteiger partial charge in [0.05, 0.1) is 6.04 Å². The molecule has 0 saturated heterocycles. The molecule has 19 heavy (non-hydrogen) atoms. The van der Waals surface area contributed by atoms with Gasteiger partial charge in [0.2, 0.25) is 0 Å². The van der Waals surface area contributed by atoms with Gasteiger partial charge in [0.25, 0.3) is 0 Å². The number of nitrogens with zero attached hydrogens (tertiary/aromatic N) is 1. The Morgan fingerprint density at radius 3 is 2.11 bits per heavy atom. The van der Waals surface area contributed by atoms with Crippen molar-refractivity contribution in [1.82, 2.24) is 5.32 Å². The molecule has 2 aromatic carbocycles. The molecule has 0 aromatic heterocycles. The molecule has 0 fully saturated rings. The first-order valence-electron chi connectivity index (χ1n) is 6.32. The first-order valence-corrected chi connectivity index (χ1v) is 6.32. The summed E-state index contributed by atoms with van der Waals surface area (Å²) in [5.41, 5.74) is 1.97. The molecule has 2 amide bonds. The van der Waals surface area contributed by atoms with Gasteiger partial charge in [-0.05, 0) is 24.6 Å². The van der Waals surface area contributed by atoms with Crippen LogP contribution in [0.3, 0.4) is 0 Å². The number of rotatable bonds is 3. The number of urea groups is 1. The van der Waals surface area contributed by atoms with Gasteiger partial charge in [-0.15, -0.1) is 0 Å². The quantitative estimate of drug-likeness (QED) is 0.892. The van der Waals surface area contributed by atoms with Crippen LogP contribution in [-0.4, -0.2) is 13.1 Å². The third-order valence-electron chi connectivity index (χ3n) is 3.09. The molecule has 0 saturated carbocycles. The van der Waals surface area contributed by atoms with Crippen LogP contribution in [0.2, 0.25) is 0 Å². The zero-order valence-corrected chi connectivity index (χ0v) is 11.2. The maximum Gasteiger partial charge on any atom is 0.322 e. The van der Waals surface area contributed by atoms with Crippen LogP contribution in [0.25, 0.3) is 0 Å². The van der Waals surface area contributed by atoms with E-state index in [-0.39, 0.29) is 12.1 Å². The number of carbonyl (C=O) groups excluding carboxylic acids is 1. The normalized spacial score (nSPS) is 11.7. The lowest BCUT2D eigenvalue weighted by molar-refractivity contribution is 0.244. The number of hydrogen-bond acceptors (Lipinski definition) is 1. The van der Waals surface area contributed by atoms with Crippen LogP contribution < -0.4 is 10.2 Å². The van der Waals surface area contributed by atoms with Crippen molar-refractivity contribution in [3.8, 4) is 0 Å². The third-order valence-corrected chi connectivity index (χ3v) is 3.09. The summed E-state index contributed by atoms with van der Waals surface area (Å²) >= 11 is 0. The van der Waals surface area contributed by atoms with E-state index in [4.69, 9.17) is 0 Å². The van der Waals surface area contributed by atoms with Crippen molar-refractivity contribution in [3.63, 3.8) is 0 Å². The van der Waals surface area contributed by atoms with Crippen LogP contribution in [0.5, 0.6) is 0 Å². The van der Waals surface area contributed by atoms with Crippen LogP contribution in [0.4, 0.5) is 10.5 Å². The van der Waals surface area contributed by atoms with E-state index in [9.17, 15) is 4.79 Å². The Morgan fingerprint density at radius 2 is 1.53 bits per heavy atom. The Kier molecular flexibility index (Phi) is 4.18. The Bertz CT molecular complexity index is 525. The lowest BCUT2D eigenvalue weighted by Gasteiger charge is -2.21. The number of para-hydroxylation sites is 1. The highest BCUT2D eigenvalue weighted by Crippen LogP contribution is 2.14. The molecule has 0 aliphatic heterocycles. The number of nitrogens with one attached hydrogen (secondary N) is 1. The van der Waals surface area contributed by atoms with Crippen LogP contribution in [0.1, 0.15) is 18.5 Å². The minimum absolute atomic E-state index is 0.0140. The summed E-state index contributed by atoms with van der Waals surface area (Å²) in [7, 11) is 1.77. The molecule has 0 bridgehead atoms. The van der Waals surface area contributed by atoms with Gasteiger partial charge in [-0.1, -0.05) is 48.5 Å². The Morgan fingerprint density at radius 1 is 1.00 bits per heavy atom. The van der Waals surface area contributed by atoms with Gasteiger partial charge in [0.1, 0.15) is 0 Å². The second-order valence-corrected chi connectivity index (χ2v) is 4.48. The van der Waals surface area contributed by atoms with E-state index < -0.39 is 0 Å². The molecule has 0 spiro atoms. The zero-order chi connectivity index (χ0) is 13.7. The first kappa shape index (κ1) is 13.1. The maximum atomic E-state index is 12.1. The van der Waals surface area contributed by atoms with Crippen LogP contribution >= 0.6 is 0 Å². The van der Waals surface area contributed by atoms with Crippen molar-refractivity contribution < 1.29 is 4.79 Å². The molecule has 0 radical (unpaired) electrons. The standard InChI is InChI=1S/C16H18N2O/c1-13(14-9-5-3-6-10-14)17-16(19)18(2)15-11-7-4-8-12-15/h3-13H,1-2H3,(H,17,19). The van der Waals surface area contributed by atoms with E-state index in [0.717, 1.165) is 11.3 Å². The number of anilines is 1. The highest BCUT2D eigenvalue weighted by atomic mass is 16.2. The van der Waals surface area contributed by atoms with Gasteiger partial charge in [-0.2, -0.15) is 0 Å². The molecule has 2 rings (SSSR count). The van der Waals surface area contributed by atoms with Crippen LogP contribution in [0, 0.1) is 0 Å². The summed E-state index contributed by atoms with van der Waals surface area (Å²) in [6, 6.07) is 19.4. The predicted molar refractivity (Wildman–Crippen MR) is 78.2 cm³/mol. The van der Waals surface area contributed by atoms with E-state index in [0.29, 0.717) is 0 Å². The smallest absolute Gasteiger partial charge is 0.322 e. The summed E-state index contributed by atoms with van der Waals surface area (Å²) in [4.78, 5) is 13.8. The Labute approximate surface area is 113 Å². The number of carbonyl (C=O) groups is 1. The van der Waals surface area contributed by atoms with Crippen molar-refractivity contribution in [1.29, 1.82) is 0 Å². The average Bonchev–Trinajstić information content (AvgIpc) is 2.48. The topological polar surface area (TPSA) is 32.3 Å². The minimum atomic E-state index is -0.109. The van der Waals surface area contributed by atoms with Gasteiger partial charge in [-0.25, -0.2) is 4.79 Å². The maximum absolute atomic E-state index is 12.1. The Balaban J connectivity index is 2.02. The van der Waals surface area contributed by atoms with Gasteiger partial charge < -0.3 is 5.32 Å². The zero-order valence-electron chi connectivity index (χ0n) is 11.2. The van der Waals surface area contributed by atoms with Crippen LogP contribution in [0.15, 0.2) is 60.7 Å². The van der Waals surface area contributed by atoms with Crippen LogP contribution in [-0.2, 0) is 0 Å². The molecular formula is C16H18N2O. The summed E-state index contributed by atoms with van der Waals surface area (Å²) in [5.74, 6) is 0. The fraction of sp³-hybridized carbons (Fsp3) is 0.188. The summed E-state index contributed by atoms with van der Waals surface area (Å²) in [6.45, 7) is 1.98. The SMILES string of the molecule is CC(NC(=O)N(C)c1ccccc1)c1ccccc1. The molecule has 0 heterocycles. The second kappa shape index (κ2) is 6.05. The molecule has 1 unspecified atom stereocenters. The van der Waals surface area contributed by atoms with Crippen molar-refractivity contribution in [2.45, 2.75) is 13.0 Å². The summed E-state index contributed by atoms with van der Waals surface area (Å²) in [5, 5.41) is 2.98. The number of hydrogen-bond donors (Lipinski definition) is 1. The van der Waals surface area contributed by atoms with E-state index in [1.54, 1.807) is 11.9 Å². The average molecular weight is 254 g/mol. The fourth-order valence-electron chi connectivity index (χ4n) is 1.88. The highest BCUT2D eigenvalue weighted by Gasteiger charge is 2.13. The van der Waals surface area contributed by atoms with Gasteiger partial charge in [-0.3, -0.25) is 4.90 Å². The van der Waals surface area contributed by atoms with Gasteiger partial charge in [0.15, 0.2) is 0 Å². The molecule has 0 aliphatic rings. The van der Waals surface area contributed by atoms with Crippen molar-refractivity contribution in [3.05, 3.63) is 66.2 Å². The van der Waals surface area contributed by atoms with E-state index in [1.165, 1.54) is 0 Å². The van der Waals surface area contributed by atoms with E-state index >= 15 is 0 Å². The molecule has 1 atom stereocenters. The summed E-state index contributed by atoms with van der Waals surface area (Å²) in [6.07, 6.45) is 0. The number of benzene rings is 2. The third kappa shape index (κ3) is 3.35. The molecule has 2 aromatic rings. The lowest BCUT2D eigenvalue weighted by Crippen LogP contribution is -2.38. The monoisotopic (exact) mass is 254 g/mol. The van der Waals surface area contributed by atoms with Gasteiger partial charge in [0, 0.05) is 12.7 Å². The molecule has 3 nitrogen and oxygen atoms in total. The van der Waals surface area contributed by atoms with E-state index in [2.05, 4.69) is 5.32 Å².